The molecule has 0 radical (unpaired) electrons. The highest BCUT2D eigenvalue weighted by atomic mass is 35.5. The van der Waals surface area contributed by atoms with Gasteiger partial charge in [-0.15, -0.1) is 12.4 Å². The number of sulfonamides is 1. The summed E-state index contributed by atoms with van der Waals surface area (Å²) in [5.41, 5.74) is -0.963. The number of nitrogens with zero attached hydrogens (tertiary/aromatic N) is 2. The predicted molar refractivity (Wildman–Crippen MR) is 131 cm³/mol. The molecule has 0 bridgehead atoms. The molecule has 3 rings (SSSR count). The van der Waals surface area contributed by atoms with E-state index in [9.17, 15) is 30.8 Å². The van der Waals surface area contributed by atoms with E-state index in [-0.39, 0.29) is 79.8 Å². The molecule has 1 aromatic rings. The van der Waals surface area contributed by atoms with Crippen LogP contribution in [0, 0.1) is 0 Å². The highest BCUT2D eigenvalue weighted by molar-refractivity contribution is 7.89. The van der Waals surface area contributed by atoms with Crippen LogP contribution in [0.25, 0.3) is 0 Å². The Balaban J connectivity index is 0.00000456. The summed E-state index contributed by atoms with van der Waals surface area (Å²) in [6.07, 6.45) is -0.0304. The number of ether oxygens (including phenoxy) is 1. The Morgan fingerprint density at radius 2 is 1.75 bits per heavy atom. The van der Waals surface area contributed by atoms with Crippen molar-refractivity contribution in [3.63, 3.8) is 0 Å². The van der Waals surface area contributed by atoms with Gasteiger partial charge in [0, 0.05) is 56.1 Å². The summed E-state index contributed by atoms with van der Waals surface area (Å²) < 4.78 is 84.2. The average Bonchev–Trinajstić information content (AvgIpc) is 2.78. The van der Waals surface area contributed by atoms with Crippen molar-refractivity contribution < 1.29 is 35.5 Å². The number of halogens is 6. The summed E-state index contributed by atoms with van der Waals surface area (Å²) in [5, 5.41) is 2.81. The van der Waals surface area contributed by atoms with Crippen LogP contribution >= 0.6 is 24.0 Å². The molecule has 0 unspecified atom stereocenters. The Bertz CT molecular complexity index is 999. The highest BCUT2D eigenvalue weighted by Crippen LogP contribution is 2.42. The number of carbonyl (C=O) groups excluding carboxylic acids is 1. The van der Waals surface area contributed by atoms with Gasteiger partial charge in [-0.05, 0) is 37.5 Å². The lowest BCUT2D eigenvalue weighted by Gasteiger charge is -2.50. The molecule has 0 aromatic heterocycles. The topological polar surface area (TPSA) is 79.0 Å². The van der Waals surface area contributed by atoms with Gasteiger partial charge < -0.3 is 10.1 Å². The van der Waals surface area contributed by atoms with Gasteiger partial charge in [-0.2, -0.15) is 13.1 Å². The molecule has 1 N–H and O–H groups in total. The van der Waals surface area contributed by atoms with E-state index in [1.54, 1.807) is 6.92 Å². The molecule has 1 aromatic carbocycles. The molecule has 1 saturated carbocycles. The molecule has 2 aliphatic rings. The summed E-state index contributed by atoms with van der Waals surface area (Å²) >= 11 is 5.84. The van der Waals surface area contributed by atoms with E-state index in [1.807, 2.05) is 4.90 Å². The fraction of sp³-hybridized carbons (Fsp3) is 0.682. The number of amides is 1. The lowest BCUT2D eigenvalue weighted by molar-refractivity contribution is -0.0856. The minimum atomic E-state index is -3.38. The number of benzene rings is 1. The number of hydrogen-bond acceptors (Lipinski definition) is 5. The number of piperazine rings is 1. The van der Waals surface area contributed by atoms with Crippen molar-refractivity contribution in [3.8, 4) is 5.75 Å². The SMILES string of the molecule is CCCS(=O)(=O)N1CCN(C2(CNC(=O)c3ccc(Cl)cc3OC(F)F)CCC(F)(F)CC2)CC1.Cl. The van der Waals surface area contributed by atoms with Gasteiger partial charge in [0.1, 0.15) is 5.75 Å². The van der Waals surface area contributed by atoms with Crippen LogP contribution in [0.4, 0.5) is 17.6 Å². The van der Waals surface area contributed by atoms with E-state index in [4.69, 9.17) is 11.6 Å². The van der Waals surface area contributed by atoms with Gasteiger partial charge in [0.05, 0.1) is 11.3 Å². The Labute approximate surface area is 219 Å². The summed E-state index contributed by atoms with van der Waals surface area (Å²) in [6, 6.07) is 3.73. The number of nitrogens with one attached hydrogen (secondary N) is 1. The Hall–Kier alpha value is -1.34. The Kier molecular flexibility index (Phi) is 10.7. The minimum absolute atomic E-state index is 0. The van der Waals surface area contributed by atoms with E-state index in [0.29, 0.717) is 19.5 Å². The lowest BCUT2D eigenvalue weighted by Crippen LogP contribution is -2.63. The second-order valence-electron chi connectivity index (χ2n) is 8.98. The van der Waals surface area contributed by atoms with Crippen molar-refractivity contribution in [2.24, 2.45) is 0 Å². The van der Waals surface area contributed by atoms with Gasteiger partial charge >= 0.3 is 6.61 Å². The number of carbonyl (C=O) groups is 1. The van der Waals surface area contributed by atoms with E-state index in [1.165, 1.54) is 16.4 Å². The van der Waals surface area contributed by atoms with E-state index in [0.717, 1.165) is 6.07 Å². The maximum Gasteiger partial charge on any atom is 0.387 e. The normalized spacial score (nSPS) is 20.5. The van der Waals surface area contributed by atoms with Gasteiger partial charge in [-0.1, -0.05) is 18.5 Å². The number of rotatable bonds is 9. The first-order chi connectivity index (χ1) is 16.4. The van der Waals surface area contributed by atoms with Crippen LogP contribution in [0.3, 0.4) is 0 Å². The first-order valence-electron chi connectivity index (χ1n) is 11.5. The van der Waals surface area contributed by atoms with Crippen LogP contribution < -0.4 is 10.1 Å². The minimum Gasteiger partial charge on any atom is -0.434 e. The molecular formula is C22H31Cl2F4N3O4S. The molecule has 1 amide bonds. The molecule has 0 atom stereocenters. The van der Waals surface area contributed by atoms with Crippen molar-refractivity contribution in [1.29, 1.82) is 0 Å². The van der Waals surface area contributed by atoms with Gasteiger partial charge in [0.15, 0.2) is 0 Å². The molecule has 36 heavy (non-hydrogen) atoms. The summed E-state index contributed by atoms with van der Waals surface area (Å²) in [4.78, 5) is 14.8. The third-order valence-electron chi connectivity index (χ3n) is 6.66. The quantitative estimate of drug-likeness (QED) is 0.439. The summed E-state index contributed by atoms with van der Waals surface area (Å²) in [5.74, 6) is -3.85. The molecule has 1 aliphatic carbocycles. The molecule has 0 spiro atoms. The Morgan fingerprint density at radius 3 is 2.31 bits per heavy atom. The van der Waals surface area contributed by atoms with E-state index in [2.05, 4.69) is 10.1 Å². The van der Waals surface area contributed by atoms with Crippen molar-refractivity contribution in [2.45, 2.75) is 57.1 Å². The standard InChI is InChI=1S/C22H30ClF4N3O4S.ClH/c1-2-13-35(32,33)30-11-9-29(10-12-30)21(5-7-22(26,27)8-6-21)15-28-19(31)17-4-3-16(23)14-18(17)34-20(24)25;/h3-4,14,20H,2,5-13,15H2,1H3,(H,28,31);1H. The van der Waals surface area contributed by atoms with Crippen molar-refractivity contribution in [2.75, 3.05) is 38.5 Å². The number of hydrogen-bond donors (Lipinski definition) is 1. The predicted octanol–water partition coefficient (Wildman–Crippen LogP) is 4.40. The van der Waals surface area contributed by atoms with Gasteiger partial charge in [0.25, 0.3) is 5.91 Å². The monoisotopic (exact) mass is 579 g/mol. The zero-order valence-corrected chi connectivity index (χ0v) is 22.2. The molecular weight excluding hydrogens is 549 g/mol. The molecule has 1 aliphatic heterocycles. The molecule has 1 heterocycles. The van der Waals surface area contributed by atoms with Gasteiger partial charge in [-0.3, -0.25) is 9.69 Å². The van der Waals surface area contributed by atoms with Gasteiger partial charge in [-0.25, -0.2) is 17.2 Å². The van der Waals surface area contributed by atoms with Crippen LogP contribution in [0.2, 0.25) is 5.02 Å². The fourth-order valence-electron chi connectivity index (χ4n) is 4.73. The van der Waals surface area contributed by atoms with Crippen molar-refractivity contribution >= 4 is 39.9 Å². The third kappa shape index (κ3) is 7.59. The van der Waals surface area contributed by atoms with Crippen LogP contribution in [0.5, 0.6) is 5.75 Å². The second-order valence-corrected chi connectivity index (χ2v) is 11.5. The first-order valence-corrected chi connectivity index (χ1v) is 13.5. The van der Waals surface area contributed by atoms with E-state index >= 15 is 0 Å². The zero-order valence-electron chi connectivity index (χ0n) is 19.8. The van der Waals surface area contributed by atoms with Crippen molar-refractivity contribution in [1.82, 2.24) is 14.5 Å². The van der Waals surface area contributed by atoms with Crippen LogP contribution in [0.1, 0.15) is 49.4 Å². The second kappa shape index (κ2) is 12.5. The largest absolute Gasteiger partial charge is 0.434 e. The Morgan fingerprint density at radius 1 is 1.14 bits per heavy atom. The molecule has 206 valence electrons. The van der Waals surface area contributed by atoms with Crippen LogP contribution in [-0.4, -0.2) is 80.1 Å². The molecule has 7 nitrogen and oxygen atoms in total. The number of alkyl halides is 4. The van der Waals surface area contributed by atoms with Crippen molar-refractivity contribution in [3.05, 3.63) is 28.8 Å². The summed E-state index contributed by atoms with van der Waals surface area (Å²) in [7, 11) is -3.38. The lowest BCUT2D eigenvalue weighted by atomic mass is 9.78. The molecule has 1 saturated heterocycles. The smallest absolute Gasteiger partial charge is 0.387 e. The third-order valence-corrected chi connectivity index (χ3v) is 8.97. The highest BCUT2D eigenvalue weighted by Gasteiger charge is 2.47. The maximum absolute atomic E-state index is 14.0. The zero-order chi connectivity index (χ0) is 25.9. The van der Waals surface area contributed by atoms with E-state index < -0.39 is 34.0 Å². The maximum atomic E-state index is 14.0. The molecule has 14 heteroatoms. The fourth-order valence-corrected chi connectivity index (χ4v) is 6.39. The molecule has 2 fully saturated rings. The van der Waals surface area contributed by atoms with Crippen LogP contribution in [-0.2, 0) is 10.0 Å². The van der Waals surface area contributed by atoms with Gasteiger partial charge in [0.2, 0.25) is 15.9 Å². The first kappa shape index (κ1) is 30.9. The van der Waals surface area contributed by atoms with Crippen LogP contribution in [0.15, 0.2) is 18.2 Å². The summed E-state index contributed by atoms with van der Waals surface area (Å²) in [6.45, 7) is -0.231. The average molecular weight is 580 g/mol.